The van der Waals surface area contributed by atoms with Crippen molar-refractivity contribution in [2.75, 3.05) is 0 Å². The predicted octanol–water partition coefficient (Wildman–Crippen LogP) is 3.87. The lowest BCUT2D eigenvalue weighted by molar-refractivity contribution is 1.13. The van der Waals surface area contributed by atoms with Crippen LogP contribution in [-0.2, 0) is 0 Å². The fourth-order valence-corrected chi connectivity index (χ4v) is 3.11. The topological polar surface area (TPSA) is 22.0 Å². The summed E-state index contributed by atoms with van der Waals surface area (Å²) in [5.41, 5.74) is 3.25. The van der Waals surface area contributed by atoms with Crippen molar-refractivity contribution in [2.45, 2.75) is 6.92 Å². The average Bonchev–Trinajstić information content (AvgIpc) is 2.82. The Morgan fingerprint density at radius 2 is 1.63 bits per heavy atom. The van der Waals surface area contributed by atoms with Gasteiger partial charge in [0.05, 0.1) is 10.6 Å². The first-order chi connectivity index (χ1) is 9.25. The highest BCUT2D eigenvalue weighted by Gasteiger charge is 2.09. The third-order valence-corrected chi connectivity index (χ3v) is 4.15. The Hall–Kier alpha value is -2.13. The second-order valence-corrected chi connectivity index (χ2v) is 5.37. The normalized spacial score (nSPS) is 10.6. The SMILES string of the molecule is Cc1ccccc1-c1cc(=O)n(-c2ccccc2)s1. The Balaban J connectivity index is 2.13. The number of hydrogen-bond acceptors (Lipinski definition) is 2. The largest absolute Gasteiger partial charge is 0.268 e. The van der Waals surface area contributed by atoms with Crippen molar-refractivity contribution in [1.29, 1.82) is 0 Å². The van der Waals surface area contributed by atoms with Crippen LogP contribution in [0.15, 0.2) is 65.5 Å². The van der Waals surface area contributed by atoms with Gasteiger partial charge in [0.2, 0.25) is 0 Å². The zero-order valence-corrected chi connectivity index (χ0v) is 11.4. The molecule has 94 valence electrons. The lowest BCUT2D eigenvalue weighted by atomic mass is 10.1. The van der Waals surface area contributed by atoms with Crippen LogP contribution in [0.5, 0.6) is 0 Å². The van der Waals surface area contributed by atoms with Crippen molar-refractivity contribution in [1.82, 2.24) is 3.96 Å². The number of hydrogen-bond donors (Lipinski definition) is 0. The van der Waals surface area contributed by atoms with Crippen LogP contribution < -0.4 is 5.56 Å². The number of nitrogens with zero attached hydrogens (tertiary/aromatic N) is 1. The summed E-state index contributed by atoms with van der Waals surface area (Å²) in [5.74, 6) is 0. The van der Waals surface area contributed by atoms with E-state index in [1.54, 1.807) is 10.0 Å². The summed E-state index contributed by atoms with van der Waals surface area (Å²) in [6, 6.07) is 19.5. The predicted molar refractivity (Wildman–Crippen MR) is 80.1 cm³/mol. The number of aromatic nitrogens is 1. The van der Waals surface area contributed by atoms with Gasteiger partial charge in [-0.3, -0.25) is 4.79 Å². The summed E-state index contributed by atoms with van der Waals surface area (Å²) in [5, 5.41) is 0. The molecule has 0 saturated heterocycles. The molecule has 0 aliphatic carbocycles. The maximum Gasteiger partial charge on any atom is 0.265 e. The van der Waals surface area contributed by atoms with E-state index in [1.807, 2.05) is 42.5 Å². The molecule has 0 saturated carbocycles. The molecule has 0 spiro atoms. The number of benzene rings is 2. The highest BCUT2D eigenvalue weighted by atomic mass is 32.1. The summed E-state index contributed by atoms with van der Waals surface area (Å²) in [7, 11) is 0. The zero-order valence-electron chi connectivity index (χ0n) is 10.5. The van der Waals surface area contributed by atoms with Crippen molar-refractivity contribution < 1.29 is 0 Å². The molecular formula is C16H13NOS. The van der Waals surface area contributed by atoms with E-state index < -0.39 is 0 Å². The molecule has 0 aliphatic rings. The fourth-order valence-electron chi connectivity index (χ4n) is 2.06. The third-order valence-electron chi connectivity index (χ3n) is 3.05. The van der Waals surface area contributed by atoms with Crippen LogP contribution in [0, 0.1) is 6.92 Å². The van der Waals surface area contributed by atoms with Gasteiger partial charge >= 0.3 is 0 Å². The van der Waals surface area contributed by atoms with Gasteiger partial charge in [-0.15, -0.1) is 0 Å². The maximum atomic E-state index is 12.1. The average molecular weight is 267 g/mol. The van der Waals surface area contributed by atoms with E-state index in [9.17, 15) is 4.79 Å². The highest BCUT2D eigenvalue weighted by molar-refractivity contribution is 7.10. The molecule has 0 radical (unpaired) electrons. The van der Waals surface area contributed by atoms with Gasteiger partial charge in [0.25, 0.3) is 5.56 Å². The standard InChI is InChI=1S/C16H13NOS/c1-12-7-5-6-10-14(12)15-11-16(18)17(19-15)13-8-3-2-4-9-13/h2-11H,1H3. The summed E-state index contributed by atoms with van der Waals surface area (Å²) in [4.78, 5) is 13.1. The first kappa shape index (κ1) is 11.9. The minimum atomic E-state index is 0.0226. The molecule has 1 aromatic heterocycles. The molecule has 0 bridgehead atoms. The second-order valence-electron chi connectivity index (χ2n) is 4.38. The van der Waals surface area contributed by atoms with Gasteiger partial charge in [-0.25, -0.2) is 3.96 Å². The van der Waals surface area contributed by atoms with E-state index in [4.69, 9.17) is 0 Å². The maximum absolute atomic E-state index is 12.1. The summed E-state index contributed by atoms with van der Waals surface area (Å²) >= 11 is 1.48. The van der Waals surface area contributed by atoms with Gasteiger partial charge < -0.3 is 0 Å². The second kappa shape index (κ2) is 4.86. The van der Waals surface area contributed by atoms with Crippen molar-refractivity contribution in [2.24, 2.45) is 0 Å². The van der Waals surface area contributed by atoms with Crippen molar-refractivity contribution in [3.05, 3.63) is 76.6 Å². The van der Waals surface area contributed by atoms with Gasteiger partial charge in [-0.1, -0.05) is 54.0 Å². The van der Waals surface area contributed by atoms with Gasteiger partial charge in [-0.2, -0.15) is 0 Å². The van der Waals surface area contributed by atoms with Crippen LogP contribution in [0.1, 0.15) is 5.56 Å². The zero-order chi connectivity index (χ0) is 13.2. The Kier molecular flexibility index (Phi) is 3.05. The fraction of sp³-hybridized carbons (Fsp3) is 0.0625. The lowest BCUT2D eigenvalue weighted by Crippen LogP contribution is -2.08. The minimum absolute atomic E-state index is 0.0226. The van der Waals surface area contributed by atoms with E-state index in [0.29, 0.717) is 0 Å². The van der Waals surface area contributed by atoms with Crippen LogP contribution in [-0.4, -0.2) is 3.96 Å². The summed E-state index contributed by atoms with van der Waals surface area (Å²) in [6.07, 6.45) is 0. The third kappa shape index (κ3) is 2.25. The molecule has 3 rings (SSSR count). The molecule has 19 heavy (non-hydrogen) atoms. The molecular weight excluding hydrogens is 254 g/mol. The van der Waals surface area contributed by atoms with Crippen LogP contribution in [0.25, 0.3) is 16.1 Å². The molecule has 0 aliphatic heterocycles. The van der Waals surface area contributed by atoms with Crippen molar-refractivity contribution in [3.8, 4) is 16.1 Å². The number of aryl methyl sites for hydroxylation is 1. The number of para-hydroxylation sites is 1. The van der Waals surface area contributed by atoms with E-state index >= 15 is 0 Å². The van der Waals surface area contributed by atoms with Gasteiger partial charge in [0.15, 0.2) is 0 Å². The van der Waals surface area contributed by atoms with E-state index in [2.05, 4.69) is 19.1 Å². The molecule has 0 atom stereocenters. The lowest BCUT2D eigenvalue weighted by Gasteiger charge is -2.02. The van der Waals surface area contributed by atoms with Gasteiger partial charge in [0, 0.05) is 6.07 Å². The Labute approximate surface area is 115 Å². The Morgan fingerprint density at radius 1 is 0.947 bits per heavy atom. The van der Waals surface area contributed by atoms with E-state index in [-0.39, 0.29) is 5.56 Å². The Morgan fingerprint density at radius 3 is 2.37 bits per heavy atom. The Bertz CT molecular complexity index is 756. The van der Waals surface area contributed by atoms with Crippen molar-refractivity contribution in [3.63, 3.8) is 0 Å². The van der Waals surface area contributed by atoms with Crippen LogP contribution in [0.2, 0.25) is 0 Å². The smallest absolute Gasteiger partial charge is 0.265 e. The minimum Gasteiger partial charge on any atom is -0.268 e. The molecule has 3 aromatic rings. The molecule has 1 heterocycles. The van der Waals surface area contributed by atoms with E-state index in [0.717, 1.165) is 16.1 Å². The molecule has 2 aromatic carbocycles. The molecule has 0 unspecified atom stereocenters. The number of rotatable bonds is 2. The summed E-state index contributed by atoms with van der Waals surface area (Å²) < 4.78 is 1.72. The first-order valence-corrected chi connectivity index (χ1v) is 6.88. The van der Waals surface area contributed by atoms with Crippen LogP contribution in [0.3, 0.4) is 0 Å². The van der Waals surface area contributed by atoms with Gasteiger partial charge in [0.1, 0.15) is 0 Å². The molecule has 0 amide bonds. The van der Waals surface area contributed by atoms with E-state index in [1.165, 1.54) is 17.1 Å². The quantitative estimate of drug-likeness (QED) is 0.690. The van der Waals surface area contributed by atoms with Crippen LogP contribution >= 0.6 is 11.5 Å². The molecule has 2 nitrogen and oxygen atoms in total. The first-order valence-electron chi connectivity index (χ1n) is 6.10. The molecule has 0 fully saturated rings. The van der Waals surface area contributed by atoms with Crippen molar-refractivity contribution >= 4 is 11.5 Å². The highest BCUT2D eigenvalue weighted by Crippen LogP contribution is 2.27. The monoisotopic (exact) mass is 267 g/mol. The molecule has 3 heteroatoms. The molecule has 0 N–H and O–H groups in total. The van der Waals surface area contributed by atoms with Gasteiger partial charge in [-0.05, 0) is 30.2 Å². The van der Waals surface area contributed by atoms with Crippen LogP contribution in [0.4, 0.5) is 0 Å². The summed E-state index contributed by atoms with van der Waals surface area (Å²) in [6.45, 7) is 2.06.